The van der Waals surface area contributed by atoms with Crippen LogP contribution in [0.5, 0.6) is 0 Å². The summed E-state index contributed by atoms with van der Waals surface area (Å²) in [7, 11) is 0. The predicted molar refractivity (Wildman–Crippen MR) is 85.1 cm³/mol. The normalized spacial score (nSPS) is 25.0. The molecule has 0 nitrogen and oxygen atoms in total. The minimum Gasteiger partial charge on any atom is -0.0622 e. The molecule has 2 aromatic rings. The van der Waals surface area contributed by atoms with Crippen molar-refractivity contribution >= 4 is 11.1 Å². The molecule has 0 bridgehead atoms. The van der Waals surface area contributed by atoms with Crippen LogP contribution >= 0.6 is 0 Å². The molecule has 0 N–H and O–H groups in total. The molecule has 1 saturated carbocycles. The molecule has 0 amide bonds. The van der Waals surface area contributed by atoms with E-state index in [2.05, 4.69) is 60.7 Å². The van der Waals surface area contributed by atoms with Gasteiger partial charge in [0.1, 0.15) is 0 Å². The second-order valence-electron chi connectivity index (χ2n) is 6.06. The predicted octanol–water partition coefficient (Wildman–Crippen LogP) is 5.42. The van der Waals surface area contributed by atoms with Crippen LogP contribution in [0.1, 0.15) is 36.8 Å². The maximum absolute atomic E-state index is 2.28. The summed E-state index contributed by atoms with van der Waals surface area (Å²) >= 11 is 0. The molecule has 1 fully saturated rings. The third-order valence-corrected chi connectivity index (χ3v) is 4.97. The number of benzene rings is 2. The molecule has 2 aromatic carbocycles. The maximum Gasteiger partial charge on any atom is -0.00838 e. The molecule has 4 rings (SSSR count). The average molecular weight is 260 g/mol. The monoisotopic (exact) mass is 260 g/mol. The summed E-state index contributed by atoms with van der Waals surface area (Å²) < 4.78 is 0. The van der Waals surface area contributed by atoms with Crippen LogP contribution in [-0.4, -0.2) is 0 Å². The van der Waals surface area contributed by atoms with Crippen molar-refractivity contribution in [2.75, 3.05) is 0 Å². The van der Waals surface area contributed by atoms with E-state index >= 15 is 0 Å². The quantitative estimate of drug-likeness (QED) is 0.676. The molecular formula is C20H20. The van der Waals surface area contributed by atoms with Crippen molar-refractivity contribution in [2.24, 2.45) is 11.8 Å². The van der Waals surface area contributed by atoms with E-state index in [1.807, 2.05) is 0 Å². The van der Waals surface area contributed by atoms with Crippen molar-refractivity contribution in [3.05, 3.63) is 71.8 Å². The van der Waals surface area contributed by atoms with Gasteiger partial charge in [0.15, 0.2) is 0 Å². The zero-order valence-electron chi connectivity index (χ0n) is 11.8. The average Bonchev–Trinajstić information content (AvgIpc) is 2.51. The van der Waals surface area contributed by atoms with Gasteiger partial charge in [-0.15, -0.1) is 0 Å². The standard InChI is InChI=1S/C20H20/c1-3-9-15(10-4-1)19-17-13-7-8-14-18(17)20(19)16-11-5-2-6-12-16/h1-6,9-12,17-18H,7-8,13-14H2. The van der Waals surface area contributed by atoms with E-state index in [4.69, 9.17) is 0 Å². The molecule has 0 radical (unpaired) electrons. The fraction of sp³-hybridized carbons (Fsp3) is 0.300. The zero-order valence-corrected chi connectivity index (χ0v) is 11.8. The van der Waals surface area contributed by atoms with Gasteiger partial charge in [0.25, 0.3) is 0 Å². The number of hydrogen-bond acceptors (Lipinski definition) is 0. The first-order valence-corrected chi connectivity index (χ1v) is 7.80. The van der Waals surface area contributed by atoms with Crippen LogP contribution in [0.2, 0.25) is 0 Å². The van der Waals surface area contributed by atoms with Crippen LogP contribution in [0.25, 0.3) is 11.1 Å². The Bertz CT molecular complexity index is 564. The van der Waals surface area contributed by atoms with Gasteiger partial charge in [-0.1, -0.05) is 73.5 Å². The highest BCUT2D eigenvalue weighted by Crippen LogP contribution is 2.57. The summed E-state index contributed by atoms with van der Waals surface area (Å²) in [6.45, 7) is 0. The molecule has 20 heavy (non-hydrogen) atoms. The van der Waals surface area contributed by atoms with Crippen LogP contribution in [0.4, 0.5) is 0 Å². The van der Waals surface area contributed by atoms with Gasteiger partial charge in [0.2, 0.25) is 0 Å². The summed E-state index contributed by atoms with van der Waals surface area (Å²) in [6.07, 6.45) is 5.57. The summed E-state index contributed by atoms with van der Waals surface area (Å²) in [5.41, 5.74) is 6.13. The molecular weight excluding hydrogens is 240 g/mol. The number of allylic oxidation sites excluding steroid dienone is 2. The lowest BCUT2D eigenvalue weighted by Gasteiger charge is -2.46. The first kappa shape index (κ1) is 12.0. The lowest BCUT2D eigenvalue weighted by molar-refractivity contribution is 0.332. The zero-order chi connectivity index (χ0) is 13.4. The number of fused-ring (bicyclic) bond motifs is 1. The summed E-state index contributed by atoms with van der Waals surface area (Å²) in [5.74, 6) is 1.61. The first-order valence-electron chi connectivity index (χ1n) is 7.80. The van der Waals surface area contributed by atoms with Crippen molar-refractivity contribution in [1.82, 2.24) is 0 Å². The Morgan fingerprint density at radius 3 is 1.35 bits per heavy atom. The minimum atomic E-state index is 0.807. The smallest absolute Gasteiger partial charge is 0.00838 e. The van der Waals surface area contributed by atoms with Crippen LogP contribution in [0, 0.1) is 11.8 Å². The second-order valence-corrected chi connectivity index (χ2v) is 6.06. The maximum atomic E-state index is 2.28. The third-order valence-electron chi connectivity index (χ3n) is 4.97. The molecule has 0 heteroatoms. The van der Waals surface area contributed by atoms with Crippen LogP contribution in [0.15, 0.2) is 60.7 Å². The molecule has 0 aliphatic heterocycles. The fourth-order valence-electron chi connectivity index (χ4n) is 4.10. The van der Waals surface area contributed by atoms with Crippen molar-refractivity contribution in [3.63, 3.8) is 0 Å². The van der Waals surface area contributed by atoms with Gasteiger partial charge in [-0.05, 0) is 47.0 Å². The highest BCUT2D eigenvalue weighted by molar-refractivity contribution is 5.99. The van der Waals surface area contributed by atoms with E-state index in [1.165, 1.54) is 36.8 Å². The molecule has 2 unspecified atom stereocenters. The lowest BCUT2D eigenvalue weighted by atomic mass is 9.58. The molecule has 2 aliphatic rings. The Morgan fingerprint density at radius 1 is 0.550 bits per heavy atom. The number of hydrogen-bond donors (Lipinski definition) is 0. The van der Waals surface area contributed by atoms with E-state index < -0.39 is 0 Å². The van der Waals surface area contributed by atoms with Crippen LogP contribution in [0.3, 0.4) is 0 Å². The first-order chi connectivity index (χ1) is 9.95. The topological polar surface area (TPSA) is 0 Å². The third kappa shape index (κ3) is 1.83. The Kier molecular flexibility index (Phi) is 2.95. The SMILES string of the molecule is c1ccc(C2=C(c3ccccc3)C3CCCCC23)cc1. The molecule has 0 saturated heterocycles. The van der Waals surface area contributed by atoms with Gasteiger partial charge in [-0.2, -0.15) is 0 Å². The van der Waals surface area contributed by atoms with Gasteiger partial charge in [-0.25, -0.2) is 0 Å². The van der Waals surface area contributed by atoms with Crippen molar-refractivity contribution in [2.45, 2.75) is 25.7 Å². The molecule has 100 valence electrons. The molecule has 2 aliphatic carbocycles. The van der Waals surface area contributed by atoms with Crippen molar-refractivity contribution < 1.29 is 0 Å². The van der Waals surface area contributed by atoms with Crippen molar-refractivity contribution in [3.8, 4) is 0 Å². The number of rotatable bonds is 2. The summed E-state index contributed by atoms with van der Waals surface area (Å²) in [6, 6.07) is 22.0. The van der Waals surface area contributed by atoms with E-state index in [1.54, 1.807) is 11.1 Å². The highest BCUT2D eigenvalue weighted by Gasteiger charge is 2.42. The molecule has 0 heterocycles. The molecule has 0 aromatic heterocycles. The van der Waals surface area contributed by atoms with Crippen molar-refractivity contribution in [1.29, 1.82) is 0 Å². The summed E-state index contributed by atoms with van der Waals surface area (Å²) in [5, 5.41) is 0. The van der Waals surface area contributed by atoms with Gasteiger partial charge in [0, 0.05) is 0 Å². The van der Waals surface area contributed by atoms with Crippen LogP contribution < -0.4 is 0 Å². The van der Waals surface area contributed by atoms with Crippen LogP contribution in [-0.2, 0) is 0 Å². The molecule has 2 atom stereocenters. The Labute approximate surface area is 121 Å². The Morgan fingerprint density at radius 2 is 0.950 bits per heavy atom. The Balaban J connectivity index is 1.85. The second kappa shape index (κ2) is 4.94. The van der Waals surface area contributed by atoms with Gasteiger partial charge in [0.05, 0.1) is 0 Å². The van der Waals surface area contributed by atoms with Gasteiger partial charge in [-0.3, -0.25) is 0 Å². The highest BCUT2D eigenvalue weighted by atomic mass is 14.5. The van der Waals surface area contributed by atoms with Gasteiger partial charge < -0.3 is 0 Å². The fourth-order valence-corrected chi connectivity index (χ4v) is 4.10. The minimum absolute atomic E-state index is 0.807. The lowest BCUT2D eigenvalue weighted by Crippen LogP contribution is -2.32. The summed E-state index contributed by atoms with van der Waals surface area (Å²) in [4.78, 5) is 0. The van der Waals surface area contributed by atoms with E-state index in [0.29, 0.717) is 0 Å². The van der Waals surface area contributed by atoms with Gasteiger partial charge >= 0.3 is 0 Å². The van der Waals surface area contributed by atoms with E-state index in [-0.39, 0.29) is 0 Å². The Hall–Kier alpha value is -1.82. The largest absolute Gasteiger partial charge is 0.0622 e. The van der Waals surface area contributed by atoms with E-state index in [0.717, 1.165) is 11.8 Å². The van der Waals surface area contributed by atoms with E-state index in [9.17, 15) is 0 Å². The molecule has 0 spiro atoms.